The molecule has 0 aromatic carbocycles. The minimum Gasteiger partial charge on any atom is -0.357 e. The maximum Gasteiger partial charge on any atom is 0.245 e. The molecule has 0 aromatic heterocycles. The van der Waals surface area contributed by atoms with Gasteiger partial charge in [0.05, 0.1) is 0 Å². The van der Waals surface area contributed by atoms with Gasteiger partial charge in [0.1, 0.15) is 6.61 Å². The second-order valence-corrected chi connectivity index (χ2v) is 8.26. The second kappa shape index (κ2) is 6.16. The SMILES string of the molecule is CNC(=O)COC1O[C@@H]2O[C@]3(C)CCC4[C@H](C)CCC([C@H]1C)[C@]42OO3. The summed E-state index contributed by atoms with van der Waals surface area (Å²) >= 11 is 0. The zero-order valence-corrected chi connectivity index (χ0v) is 15.4. The molecule has 5 fully saturated rings. The van der Waals surface area contributed by atoms with Crippen molar-refractivity contribution in [1.82, 2.24) is 5.32 Å². The van der Waals surface area contributed by atoms with Crippen LogP contribution in [-0.2, 0) is 28.8 Å². The van der Waals surface area contributed by atoms with Gasteiger partial charge >= 0.3 is 0 Å². The Balaban J connectivity index is 1.64. The van der Waals surface area contributed by atoms with Crippen molar-refractivity contribution in [2.75, 3.05) is 13.7 Å². The number of carbonyl (C=O) groups excluding carboxylic acids is 1. The molecule has 4 saturated heterocycles. The first-order valence-corrected chi connectivity index (χ1v) is 9.42. The number of hydrogen-bond donors (Lipinski definition) is 1. The van der Waals surface area contributed by atoms with E-state index in [-0.39, 0.29) is 24.3 Å². The Morgan fingerprint density at radius 3 is 2.76 bits per heavy atom. The molecule has 0 radical (unpaired) electrons. The Bertz CT molecular complexity index is 544. The third-order valence-electron chi connectivity index (χ3n) is 6.75. The van der Waals surface area contributed by atoms with Crippen molar-refractivity contribution in [2.45, 2.75) is 70.4 Å². The predicted molar refractivity (Wildman–Crippen MR) is 86.8 cm³/mol. The lowest BCUT2D eigenvalue weighted by Gasteiger charge is -2.60. The molecule has 1 saturated carbocycles. The molecule has 4 aliphatic heterocycles. The molecule has 5 aliphatic rings. The van der Waals surface area contributed by atoms with Crippen LogP contribution in [0.3, 0.4) is 0 Å². The van der Waals surface area contributed by atoms with Crippen LogP contribution in [0, 0.1) is 23.7 Å². The zero-order valence-electron chi connectivity index (χ0n) is 15.4. The zero-order chi connectivity index (χ0) is 17.8. The third-order valence-corrected chi connectivity index (χ3v) is 6.75. The van der Waals surface area contributed by atoms with Gasteiger partial charge in [-0.3, -0.25) is 4.79 Å². The molecule has 1 spiro atoms. The Labute approximate surface area is 148 Å². The largest absolute Gasteiger partial charge is 0.357 e. The van der Waals surface area contributed by atoms with Gasteiger partial charge in [0.25, 0.3) is 0 Å². The highest BCUT2D eigenvalue weighted by Crippen LogP contribution is 2.60. The van der Waals surface area contributed by atoms with E-state index in [9.17, 15) is 4.79 Å². The molecule has 7 heteroatoms. The van der Waals surface area contributed by atoms with Crippen LogP contribution in [0.1, 0.15) is 46.5 Å². The highest BCUT2D eigenvalue weighted by molar-refractivity contribution is 5.76. The lowest BCUT2D eigenvalue weighted by molar-refractivity contribution is -0.577. The fourth-order valence-corrected chi connectivity index (χ4v) is 5.29. The van der Waals surface area contributed by atoms with E-state index in [1.54, 1.807) is 7.05 Å². The molecule has 3 unspecified atom stereocenters. The van der Waals surface area contributed by atoms with Crippen LogP contribution in [0.25, 0.3) is 0 Å². The first-order valence-electron chi connectivity index (χ1n) is 9.42. The van der Waals surface area contributed by atoms with Crippen LogP contribution in [0.15, 0.2) is 0 Å². The Hall–Kier alpha value is -0.730. The van der Waals surface area contributed by atoms with Gasteiger partial charge in [-0.1, -0.05) is 13.8 Å². The van der Waals surface area contributed by atoms with E-state index in [0.717, 1.165) is 25.7 Å². The minimum absolute atomic E-state index is 0.0214. The average Bonchev–Trinajstić information content (AvgIpc) is 2.82. The summed E-state index contributed by atoms with van der Waals surface area (Å²) in [5.41, 5.74) is -0.583. The molecule has 5 rings (SSSR count). The molecule has 0 aromatic rings. The van der Waals surface area contributed by atoms with Crippen LogP contribution in [0.2, 0.25) is 0 Å². The van der Waals surface area contributed by atoms with Crippen molar-refractivity contribution in [3.63, 3.8) is 0 Å². The van der Waals surface area contributed by atoms with Gasteiger partial charge in [0.2, 0.25) is 11.7 Å². The van der Waals surface area contributed by atoms with E-state index in [1.165, 1.54) is 0 Å². The molecule has 4 heterocycles. The number of rotatable bonds is 3. The Morgan fingerprint density at radius 2 is 2.00 bits per heavy atom. The van der Waals surface area contributed by atoms with Crippen molar-refractivity contribution in [2.24, 2.45) is 23.7 Å². The van der Waals surface area contributed by atoms with Gasteiger partial charge in [0, 0.05) is 25.3 Å². The van der Waals surface area contributed by atoms with Crippen molar-refractivity contribution in [3.05, 3.63) is 0 Å². The molecule has 1 amide bonds. The number of ether oxygens (including phenoxy) is 3. The summed E-state index contributed by atoms with van der Waals surface area (Å²) in [6.45, 7) is 6.28. The summed E-state index contributed by atoms with van der Waals surface area (Å²) in [4.78, 5) is 23.4. The average molecular weight is 355 g/mol. The summed E-state index contributed by atoms with van der Waals surface area (Å²) in [6.07, 6.45) is 2.94. The number of amides is 1. The third kappa shape index (κ3) is 2.63. The van der Waals surface area contributed by atoms with E-state index < -0.39 is 24.0 Å². The first kappa shape index (κ1) is 17.7. The fraction of sp³-hybridized carbons (Fsp3) is 0.944. The normalized spacial score (nSPS) is 51.5. The quantitative estimate of drug-likeness (QED) is 0.780. The van der Waals surface area contributed by atoms with Crippen molar-refractivity contribution in [3.8, 4) is 0 Å². The van der Waals surface area contributed by atoms with E-state index >= 15 is 0 Å². The summed E-state index contributed by atoms with van der Waals surface area (Å²) in [5, 5.41) is 2.57. The van der Waals surface area contributed by atoms with Crippen molar-refractivity contribution < 1.29 is 28.8 Å². The molecule has 1 aliphatic carbocycles. The molecule has 2 bridgehead atoms. The Kier molecular flexibility index (Phi) is 4.36. The molecule has 8 atom stereocenters. The number of fused-ring (bicyclic) bond motifs is 2. The predicted octanol–water partition coefficient (Wildman–Crippen LogP) is 1.96. The van der Waals surface area contributed by atoms with Gasteiger partial charge in [-0.2, -0.15) is 0 Å². The van der Waals surface area contributed by atoms with E-state index in [2.05, 4.69) is 19.2 Å². The number of nitrogens with one attached hydrogen (secondary N) is 1. The number of likely N-dealkylation sites (N-methyl/N-ethyl adjacent to an activating group) is 1. The number of hydrogen-bond acceptors (Lipinski definition) is 6. The topological polar surface area (TPSA) is 75.3 Å². The molecule has 1 N–H and O–H groups in total. The summed E-state index contributed by atoms with van der Waals surface area (Å²) in [6, 6.07) is 0. The fourth-order valence-electron chi connectivity index (χ4n) is 5.29. The van der Waals surface area contributed by atoms with Crippen LogP contribution < -0.4 is 5.32 Å². The molecular weight excluding hydrogens is 326 g/mol. The standard InChI is InChI=1S/C18H29NO6/c1-10-5-6-13-11(2)15(21-9-14(20)19-4)22-16-18(13)12(10)7-8-17(3,23-16)24-25-18/h10-13,15-16H,5-9H2,1-4H3,(H,19,20)/t10-,11-,12?,13?,15?,16-,17+,18-/m1/s1. The maximum atomic E-state index is 11.6. The van der Waals surface area contributed by atoms with Crippen LogP contribution in [-0.4, -0.2) is 43.5 Å². The van der Waals surface area contributed by atoms with Crippen molar-refractivity contribution >= 4 is 5.91 Å². The monoisotopic (exact) mass is 355 g/mol. The van der Waals surface area contributed by atoms with E-state index in [1.807, 2.05) is 6.92 Å². The summed E-state index contributed by atoms with van der Waals surface area (Å²) < 4.78 is 18.2. The smallest absolute Gasteiger partial charge is 0.245 e. The Morgan fingerprint density at radius 1 is 1.20 bits per heavy atom. The second-order valence-electron chi connectivity index (χ2n) is 8.26. The maximum absolute atomic E-state index is 11.6. The van der Waals surface area contributed by atoms with E-state index in [4.69, 9.17) is 24.0 Å². The van der Waals surface area contributed by atoms with Crippen LogP contribution >= 0.6 is 0 Å². The summed E-state index contributed by atoms with van der Waals surface area (Å²) in [7, 11) is 1.60. The van der Waals surface area contributed by atoms with Crippen LogP contribution in [0.4, 0.5) is 0 Å². The van der Waals surface area contributed by atoms with Gasteiger partial charge < -0.3 is 19.5 Å². The summed E-state index contributed by atoms with van der Waals surface area (Å²) in [5.74, 6) is 0.216. The molecule has 142 valence electrons. The minimum atomic E-state index is -0.788. The highest BCUT2D eigenvalue weighted by atomic mass is 17.3. The molecular formula is C18H29NO6. The first-order chi connectivity index (χ1) is 11.9. The van der Waals surface area contributed by atoms with Gasteiger partial charge in [0.15, 0.2) is 18.2 Å². The molecule has 25 heavy (non-hydrogen) atoms. The van der Waals surface area contributed by atoms with E-state index in [0.29, 0.717) is 11.8 Å². The van der Waals surface area contributed by atoms with Gasteiger partial charge in [-0.15, -0.1) is 0 Å². The number of carbonyl (C=O) groups is 1. The highest BCUT2D eigenvalue weighted by Gasteiger charge is 2.69. The van der Waals surface area contributed by atoms with Gasteiger partial charge in [-0.05, 0) is 38.0 Å². The van der Waals surface area contributed by atoms with Gasteiger partial charge in [-0.25, -0.2) is 9.78 Å². The lowest BCUT2D eigenvalue weighted by Crippen LogP contribution is -2.70. The van der Waals surface area contributed by atoms with Crippen LogP contribution in [0.5, 0.6) is 0 Å². The van der Waals surface area contributed by atoms with Crippen molar-refractivity contribution in [1.29, 1.82) is 0 Å². The molecule has 7 nitrogen and oxygen atoms in total. The lowest BCUT2D eigenvalue weighted by atomic mass is 9.58.